The number of likely N-dealkylation sites (N-methyl/N-ethyl adjacent to an activating group) is 1. The zero-order valence-corrected chi connectivity index (χ0v) is 8.26. The number of nitrogens with zero attached hydrogens (tertiary/aromatic N) is 1. The van der Waals surface area contributed by atoms with Gasteiger partial charge in [-0.1, -0.05) is 5.57 Å². The average Bonchev–Trinajstić information content (AvgIpc) is 2.15. The Hall–Kier alpha value is -0.830. The predicted molar refractivity (Wildman–Crippen MR) is 51.4 cm³/mol. The lowest BCUT2D eigenvalue weighted by Gasteiger charge is -2.35. The third-order valence-electron chi connectivity index (χ3n) is 3.11. The monoisotopic (exact) mass is 180 g/mol. The van der Waals surface area contributed by atoms with Gasteiger partial charge in [-0.05, 0) is 26.3 Å². The first kappa shape index (κ1) is 8.75. The SMILES string of the molecule is CC1CC2=C(CNCC2)C(=O)N1C. The molecule has 0 aromatic carbocycles. The minimum atomic E-state index is 0.223. The number of hydrogen-bond acceptors (Lipinski definition) is 2. The van der Waals surface area contributed by atoms with Gasteiger partial charge in [0.05, 0.1) is 0 Å². The molecule has 1 N–H and O–H groups in total. The molecule has 0 saturated carbocycles. The van der Waals surface area contributed by atoms with Crippen LogP contribution < -0.4 is 5.32 Å². The minimum absolute atomic E-state index is 0.223. The van der Waals surface area contributed by atoms with E-state index in [2.05, 4.69) is 12.2 Å². The first-order chi connectivity index (χ1) is 6.20. The van der Waals surface area contributed by atoms with Crippen LogP contribution in [0.2, 0.25) is 0 Å². The molecule has 3 nitrogen and oxygen atoms in total. The maximum atomic E-state index is 11.8. The first-order valence-electron chi connectivity index (χ1n) is 4.89. The largest absolute Gasteiger partial charge is 0.339 e. The van der Waals surface area contributed by atoms with Gasteiger partial charge in [-0.3, -0.25) is 4.79 Å². The van der Waals surface area contributed by atoms with Gasteiger partial charge in [-0.15, -0.1) is 0 Å². The molecular formula is C10H16N2O. The Morgan fingerprint density at radius 2 is 2.31 bits per heavy atom. The van der Waals surface area contributed by atoms with Crippen LogP contribution in [0.5, 0.6) is 0 Å². The fraction of sp³-hybridized carbons (Fsp3) is 0.700. The molecule has 0 fully saturated rings. The molecule has 0 spiro atoms. The number of carbonyl (C=O) groups is 1. The molecule has 0 aromatic rings. The maximum absolute atomic E-state index is 11.8. The van der Waals surface area contributed by atoms with Gasteiger partial charge in [0.15, 0.2) is 0 Å². The number of amides is 1. The van der Waals surface area contributed by atoms with Crippen LogP contribution in [0.1, 0.15) is 19.8 Å². The molecule has 1 amide bonds. The summed E-state index contributed by atoms with van der Waals surface area (Å²) in [5.41, 5.74) is 2.40. The van der Waals surface area contributed by atoms with Gasteiger partial charge >= 0.3 is 0 Å². The van der Waals surface area contributed by atoms with E-state index in [1.54, 1.807) is 0 Å². The predicted octanol–water partition coefficient (Wildman–Crippen LogP) is 0.527. The molecule has 1 atom stereocenters. The van der Waals surface area contributed by atoms with Gasteiger partial charge in [0.1, 0.15) is 0 Å². The molecule has 0 bridgehead atoms. The van der Waals surface area contributed by atoms with Crippen LogP contribution in [0.4, 0.5) is 0 Å². The summed E-state index contributed by atoms with van der Waals surface area (Å²) in [6.07, 6.45) is 2.12. The van der Waals surface area contributed by atoms with Crippen molar-refractivity contribution in [1.29, 1.82) is 0 Å². The van der Waals surface area contributed by atoms with Crippen molar-refractivity contribution in [3.8, 4) is 0 Å². The normalized spacial score (nSPS) is 29.2. The Balaban J connectivity index is 2.31. The van der Waals surface area contributed by atoms with E-state index in [0.29, 0.717) is 6.04 Å². The standard InChI is InChI=1S/C10H16N2O/c1-7-5-8-3-4-11-6-9(8)10(13)12(7)2/h7,11H,3-6H2,1-2H3. The molecule has 2 aliphatic rings. The summed E-state index contributed by atoms with van der Waals surface area (Å²) in [6, 6.07) is 0.379. The van der Waals surface area contributed by atoms with Crippen molar-refractivity contribution in [2.45, 2.75) is 25.8 Å². The van der Waals surface area contributed by atoms with Crippen LogP contribution in [0, 0.1) is 0 Å². The Morgan fingerprint density at radius 3 is 3.08 bits per heavy atom. The van der Waals surface area contributed by atoms with Gasteiger partial charge in [0.25, 0.3) is 5.91 Å². The summed E-state index contributed by atoms with van der Waals surface area (Å²) in [7, 11) is 1.89. The molecule has 0 aliphatic carbocycles. The fourth-order valence-electron chi connectivity index (χ4n) is 2.09. The van der Waals surface area contributed by atoms with Gasteiger partial charge in [-0.25, -0.2) is 0 Å². The van der Waals surface area contributed by atoms with E-state index >= 15 is 0 Å². The Labute approximate surface area is 78.8 Å². The van der Waals surface area contributed by atoms with Crippen LogP contribution >= 0.6 is 0 Å². The molecule has 2 aliphatic heterocycles. The Bertz CT molecular complexity index is 270. The molecule has 0 saturated heterocycles. The summed E-state index contributed by atoms with van der Waals surface area (Å²) in [5, 5.41) is 3.24. The molecular weight excluding hydrogens is 164 g/mol. The highest BCUT2D eigenvalue weighted by molar-refractivity contribution is 5.95. The quantitative estimate of drug-likeness (QED) is 0.589. The number of nitrogens with one attached hydrogen (secondary N) is 1. The first-order valence-corrected chi connectivity index (χ1v) is 4.89. The average molecular weight is 180 g/mol. The van der Waals surface area contributed by atoms with E-state index in [0.717, 1.165) is 31.5 Å². The number of hydrogen-bond donors (Lipinski definition) is 1. The van der Waals surface area contributed by atoms with Crippen molar-refractivity contribution in [2.24, 2.45) is 0 Å². The molecule has 0 aromatic heterocycles. The highest BCUT2D eigenvalue weighted by atomic mass is 16.2. The van der Waals surface area contributed by atoms with Gasteiger partial charge < -0.3 is 10.2 Å². The highest BCUT2D eigenvalue weighted by Crippen LogP contribution is 2.26. The third-order valence-corrected chi connectivity index (χ3v) is 3.11. The topological polar surface area (TPSA) is 32.3 Å². The van der Waals surface area contributed by atoms with Crippen molar-refractivity contribution in [2.75, 3.05) is 20.1 Å². The van der Waals surface area contributed by atoms with Crippen LogP contribution in [0.25, 0.3) is 0 Å². The van der Waals surface area contributed by atoms with E-state index in [-0.39, 0.29) is 5.91 Å². The van der Waals surface area contributed by atoms with Gasteiger partial charge in [0, 0.05) is 25.2 Å². The molecule has 0 radical (unpaired) electrons. The molecule has 2 heterocycles. The third kappa shape index (κ3) is 1.37. The Morgan fingerprint density at radius 1 is 1.54 bits per heavy atom. The van der Waals surface area contributed by atoms with E-state index in [4.69, 9.17) is 0 Å². The van der Waals surface area contributed by atoms with Crippen molar-refractivity contribution >= 4 is 5.91 Å². The summed E-state index contributed by atoms with van der Waals surface area (Å²) in [6.45, 7) is 3.91. The second-order valence-corrected chi connectivity index (χ2v) is 3.98. The zero-order chi connectivity index (χ0) is 9.42. The summed E-state index contributed by atoms with van der Waals surface area (Å²) < 4.78 is 0. The molecule has 2 rings (SSSR count). The Kier molecular flexibility index (Phi) is 2.12. The van der Waals surface area contributed by atoms with Crippen LogP contribution in [0.3, 0.4) is 0 Å². The maximum Gasteiger partial charge on any atom is 0.251 e. The number of carbonyl (C=O) groups excluding carboxylic acids is 1. The van der Waals surface area contributed by atoms with E-state index < -0.39 is 0 Å². The molecule has 72 valence electrons. The smallest absolute Gasteiger partial charge is 0.251 e. The summed E-state index contributed by atoms with van der Waals surface area (Å²) in [5.74, 6) is 0.223. The number of rotatable bonds is 0. The van der Waals surface area contributed by atoms with Crippen molar-refractivity contribution in [3.63, 3.8) is 0 Å². The fourth-order valence-corrected chi connectivity index (χ4v) is 2.09. The second kappa shape index (κ2) is 3.14. The van der Waals surface area contributed by atoms with Crippen LogP contribution in [-0.2, 0) is 4.79 Å². The molecule has 1 unspecified atom stereocenters. The van der Waals surface area contributed by atoms with Crippen LogP contribution in [0.15, 0.2) is 11.1 Å². The molecule has 13 heavy (non-hydrogen) atoms. The highest BCUT2D eigenvalue weighted by Gasteiger charge is 2.29. The van der Waals surface area contributed by atoms with Gasteiger partial charge in [0.2, 0.25) is 0 Å². The van der Waals surface area contributed by atoms with E-state index in [1.807, 2.05) is 11.9 Å². The van der Waals surface area contributed by atoms with Crippen LogP contribution in [-0.4, -0.2) is 37.0 Å². The summed E-state index contributed by atoms with van der Waals surface area (Å²) in [4.78, 5) is 13.7. The summed E-state index contributed by atoms with van der Waals surface area (Å²) >= 11 is 0. The lowest BCUT2D eigenvalue weighted by molar-refractivity contribution is -0.128. The van der Waals surface area contributed by atoms with Crippen molar-refractivity contribution in [1.82, 2.24) is 10.2 Å². The molecule has 3 heteroatoms. The minimum Gasteiger partial charge on any atom is -0.339 e. The second-order valence-electron chi connectivity index (χ2n) is 3.98. The zero-order valence-electron chi connectivity index (χ0n) is 8.26. The lowest BCUT2D eigenvalue weighted by Crippen LogP contribution is -2.45. The van der Waals surface area contributed by atoms with Gasteiger partial charge in [-0.2, -0.15) is 0 Å². The van der Waals surface area contributed by atoms with E-state index in [9.17, 15) is 4.79 Å². The lowest BCUT2D eigenvalue weighted by atomic mass is 9.90. The van der Waals surface area contributed by atoms with E-state index in [1.165, 1.54) is 5.57 Å². The van der Waals surface area contributed by atoms with Crippen molar-refractivity contribution in [3.05, 3.63) is 11.1 Å². The van der Waals surface area contributed by atoms with Crippen molar-refractivity contribution < 1.29 is 4.79 Å².